The molecular formula is C16H16IN3O4. The summed E-state index contributed by atoms with van der Waals surface area (Å²) in [5.74, 6) is -0.414. The maximum atomic E-state index is 12.6. The first-order chi connectivity index (χ1) is 11.5. The molecule has 0 aliphatic carbocycles. The van der Waals surface area contributed by atoms with Gasteiger partial charge in [-0.3, -0.25) is 14.9 Å². The molecule has 0 radical (unpaired) electrons. The minimum absolute atomic E-state index is 0.139. The standard InChI is InChI=1S/C16H16IN3O4/c1-24-9-8-18-14-7-6-11(20(22)23)10-12(14)16(21)19-15-5-3-2-4-13(15)17/h2-7,10,18H,8-9H2,1H3,(H,19,21). The van der Waals surface area contributed by atoms with E-state index < -0.39 is 10.8 Å². The van der Waals surface area contributed by atoms with Crippen molar-refractivity contribution in [3.63, 3.8) is 0 Å². The molecular weight excluding hydrogens is 425 g/mol. The van der Waals surface area contributed by atoms with E-state index in [1.807, 2.05) is 18.2 Å². The number of halogens is 1. The van der Waals surface area contributed by atoms with Crippen molar-refractivity contribution in [3.05, 3.63) is 61.7 Å². The van der Waals surface area contributed by atoms with E-state index >= 15 is 0 Å². The Kier molecular flexibility index (Phi) is 6.50. The van der Waals surface area contributed by atoms with E-state index in [0.29, 0.717) is 24.5 Å². The molecule has 0 saturated carbocycles. The molecule has 24 heavy (non-hydrogen) atoms. The number of hydrogen-bond acceptors (Lipinski definition) is 5. The first kappa shape index (κ1) is 18.1. The van der Waals surface area contributed by atoms with Gasteiger partial charge in [-0.05, 0) is 40.8 Å². The number of hydrogen-bond donors (Lipinski definition) is 2. The van der Waals surface area contributed by atoms with E-state index in [2.05, 4.69) is 33.2 Å². The third-order valence-electron chi connectivity index (χ3n) is 3.20. The second kappa shape index (κ2) is 8.60. The lowest BCUT2D eigenvalue weighted by Crippen LogP contribution is -2.17. The summed E-state index contributed by atoms with van der Waals surface area (Å²) in [4.78, 5) is 23.1. The van der Waals surface area contributed by atoms with Crippen LogP contribution in [0.4, 0.5) is 17.1 Å². The van der Waals surface area contributed by atoms with Crippen LogP contribution in [-0.2, 0) is 4.74 Å². The van der Waals surface area contributed by atoms with Crippen LogP contribution in [0.1, 0.15) is 10.4 Å². The number of ether oxygens (including phenoxy) is 1. The minimum atomic E-state index is -0.526. The van der Waals surface area contributed by atoms with Crippen molar-refractivity contribution in [1.29, 1.82) is 0 Å². The van der Waals surface area contributed by atoms with Gasteiger partial charge in [0, 0.05) is 35.0 Å². The van der Waals surface area contributed by atoms with Crippen molar-refractivity contribution >= 4 is 45.6 Å². The maximum absolute atomic E-state index is 12.6. The van der Waals surface area contributed by atoms with Crippen molar-refractivity contribution in [2.24, 2.45) is 0 Å². The molecule has 126 valence electrons. The van der Waals surface area contributed by atoms with Crippen LogP contribution in [0.2, 0.25) is 0 Å². The second-order valence-corrected chi connectivity index (χ2v) is 6.00. The number of nitrogens with zero attached hydrogens (tertiary/aromatic N) is 1. The van der Waals surface area contributed by atoms with E-state index in [9.17, 15) is 14.9 Å². The van der Waals surface area contributed by atoms with Gasteiger partial charge in [0.2, 0.25) is 0 Å². The van der Waals surface area contributed by atoms with E-state index in [0.717, 1.165) is 3.57 Å². The third kappa shape index (κ3) is 4.65. The molecule has 0 aliphatic heterocycles. The SMILES string of the molecule is COCCNc1ccc([N+](=O)[O-])cc1C(=O)Nc1ccccc1I. The second-order valence-electron chi connectivity index (χ2n) is 4.84. The fraction of sp³-hybridized carbons (Fsp3) is 0.188. The van der Waals surface area contributed by atoms with E-state index in [1.54, 1.807) is 13.2 Å². The summed E-state index contributed by atoms with van der Waals surface area (Å²) in [6.45, 7) is 0.937. The smallest absolute Gasteiger partial charge is 0.270 e. The van der Waals surface area contributed by atoms with Crippen LogP contribution >= 0.6 is 22.6 Å². The van der Waals surface area contributed by atoms with E-state index in [4.69, 9.17) is 4.74 Å². The molecule has 0 aromatic heterocycles. The number of anilines is 2. The van der Waals surface area contributed by atoms with Crippen LogP contribution in [0.15, 0.2) is 42.5 Å². The number of non-ortho nitro benzene ring substituents is 1. The molecule has 0 fully saturated rings. The predicted molar refractivity (Wildman–Crippen MR) is 101 cm³/mol. The van der Waals surface area contributed by atoms with Gasteiger partial charge >= 0.3 is 0 Å². The van der Waals surface area contributed by atoms with E-state index in [1.165, 1.54) is 18.2 Å². The van der Waals surface area contributed by atoms with Crippen LogP contribution in [0.3, 0.4) is 0 Å². The Hall–Kier alpha value is -2.20. The number of amides is 1. The zero-order valence-corrected chi connectivity index (χ0v) is 15.1. The van der Waals surface area contributed by atoms with Crippen LogP contribution < -0.4 is 10.6 Å². The summed E-state index contributed by atoms with van der Waals surface area (Å²) in [5, 5.41) is 16.8. The summed E-state index contributed by atoms with van der Waals surface area (Å²) in [7, 11) is 1.57. The summed E-state index contributed by atoms with van der Waals surface area (Å²) in [6, 6.07) is 11.5. The molecule has 2 N–H and O–H groups in total. The number of nitro benzene ring substituents is 1. The van der Waals surface area contributed by atoms with Gasteiger partial charge in [-0.2, -0.15) is 0 Å². The third-order valence-corrected chi connectivity index (χ3v) is 4.14. The van der Waals surface area contributed by atoms with Crippen LogP contribution in [-0.4, -0.2) is 31.1 Å². The van der Waals surface area contributed by atoms with Gasteiger partial charge in [-0.25, -0.2) is 0 Å². The molecule has 0 unspecified atom stereocenters. The Morgan fingerprint density at radius 2 is 2.00 bits per heavy atom. The highest BCUT2D eigenvalue weighted by molar-refractivity contribution is 14.1. The molecule has 0 atom stereocenters. The first-order valence-electron chi connectivity index (χ1n) is 7.10. The highest BCUT2D eigenvalue weighted by Gasteiger charge is 2.17. The molecule has 2 aromatic rings. The van der Waals surface area contributed by atoms with Gasteiger partial charge in [-0.1, -0.05) is 12.1 Å². The average molecular weight is 441 g/mol. The van der Waals surface area contributed by atoms with Crippen molar-refractivity contribution in [2.45, 2.75) is 0 Å². The number of nitro groups is 1. The minimum Gasteiger partial charge on any atom is -0.383 e. The Morgan fingerprint density at radius 1 is 1.25 bits per heavy atom. The maximum Gasteiger partial charge on any atom is 0.270 e. The van der Waals surface area contributed by atoms with Crippen LogP contribution in [0.5, 0.6) is 0 Å². The number of nitrogens with one attached hydrogen (secondary N) is 2. The largest absolute Gasteiger partial charge is 0.383 e. The van der Waals surface area contributed by atoms with Crippen molar-refractivity contribution < 1.29 is 14.5 Å². The summed E-state index contributed by atoms with van der Waals surface area (Å²) >= 11 is 2.11. The monoisotopic (exact) mass is 441 g/mol. The number of para-hydroxylation sites is 1. The fourth-order valence-electron chi connectivity index (χ4n) is 2.03. The van der Waals surface area contributed by atoms with Crippen molar-refractivity contribution in [1.82, 2.24) is 0 Å². The number of methoxy groups -OCH3 is 1. The van der Waals surface area contributed by atoms with E-state index in [-0.39, 0.29) is 11.3 Å². The lowest BCUT2D eigenvalue weighted by molar-refractivity contribution is -0.384. The highest BCUT2D eigenvalue weighted by Crippen LogP contribution is 2.24. The Labute approximate surface area is 152 Å². The predicted octanol–water partition coefficient (Wildman–Crippen LogP) is 3.51. The Bertz CT molecular complexity index is 752. The van der Waals surface area contributed by atoms with Crippen LogP contribution in [0.25, 0.3) is 0 Å². The molecule has 2 aromatic carbocycles. The molecule has 1 amide bonds. The highest BCUT2D eigenvalue weighted by atomic mass is 127. The lowest BCUT2D eigenvalue weighted by Gasteiger charge is -2.13. The molecule has 0 heterocycles. The van der Waals surface area contributed by atoms with Gasteiger partial charge in [0.15, 0.2) is 0 Å². The Morgan fingerprint density at radius 3 is 2.67 bits per heavy atom. The quantitative estimate of drug-likeness (QED) is 0.297. The molecule has 0 spiro atoms. The zero-order chi connectivity index (χ0) is 17.5. The summed E-state index contributed by atoms with van der Waals surface area (Å²) in [5.41, 5.74) is 1.23. The average Bonchev–Trinajstić information content (AvgIpc) is 2.57. The lowest BCUT2D eigenvalue weighted by atomic mass is 10.1. The van der Waals surface area contributed by atoms with Gasteiger partial charge in [0.1, 0.15) is 0 Å². The number of benzene rings is 2. The van der Waals surface area contributed by atoms with Gasteiger partial charge < -0.3 is 15.4 Å². The van der Waals surface area contributed by atoms with Gasteiger partial charge in [0.25, 0.3) is 11.6 Å². The van der Waals surface area contributed by atoms with Gasteiger partial charge in [-0.15, -0.1) is 0 Å². The first-order valence-corrected chi connectivity index (χ1v) is 8.18. The molecule has 7 nitrogen and oxygen atoms in total. The Balaban J connectivity index is 2.30. The normalized spacial score (nSPS) is 10.2. The number of carbonyl (C=O) groups is 1. The molecule has 2 rings (SSSR count). The zero-order valence-electron chi connectivity index (χ0n) is 12.9. The number of rotatable bonds is 7. The van der Waals surface area contributed by atoms with Crippen molar-refractivity contribution in [2.75, 3.05) is 30.9 Å². The summed E-state index contributed by atoms with van der Waals surface area (Å²) < 4.78 is 5.84. The number of carbonyl (C=O) groups excluding carboxylic acids is 1. The van der Waals surface area contributed by atoms with Gasteiger partial charge in [0.05, 0.1) is 22.8 Å². The topological polar surface area (TPSA) is 93.5 Å². The summed E-state index contributed by atoms with van der Waals surface area (Å²) in [6.07, 6.45) is 0. The van der Waals surface area contributed by atoms with Crippen LogP contribution in [0, 0.1) is 13.7 Å². The molecule has 0 aliphatic rings. The molecule has 8 heteroatoms. The molecule has 0 saturated heterocycles. The fourth-order valence-corrected chi connectivity index (χ4v) is 2.55. The molecule has 0 bridgehead atoms. The van der Waals surface area contributed by atoms with Crippen molar-refractivity contribution in [3.8, 4) is 0 Å².